The van der Waals surface area contributed by atoms with Crippen LogP contribution in [0, 0.1) is 0 Å². The molecule has 120 heavy (non-hydrogen) atoms. The lowest BCUT2D eigenvalue weighted by atomic mass is 9.96. The zero-order chi connectivity index (χ0) is 87.7. The van der Waals surface area contributed by atoms with Crippen molar-refractivity contribution in [3.63, 3.8) is 0 Å². The molecule has 7 heterocycles. The zero-order valence-corrected chi connectivity index (χ0v) is 68.6. The second kappa shape index (κ2) is 48.6. The van der Waals surface area contributed by atoms with Crippen molar-refractivity contribution in [1.82, 2.24) is 66.2 Å². The maximum atomic E-state index is 13.3. The number of rotatable bonds is 46. The molecule has 4 saturated heterocycles. The first-order valence-corrected chi connectivity index (χ1v) is 38.2. The minimum absolute atomic E-state index is 0.0317. The first-order chi connectivity index (χ1) is 57.1. The van der Waals surface area contributed by atoms with Gasteiger partial charge in [-0.15, -0.1) is 15.3 Å². The van der Waals surface area contributed by atoms with Gasteiger partial charge in [0.05, 0.1) is 64.8 Å². The van der Waals surface area contributed by atoms with Gasteiger partial charge in [-0.05, 0) is 31.2 Å². The third-order valence-corrected chi connectivity index (χ3v) is 17.6. The number of amides is 4. The van der Waals surface area contributed by atoms with Gasteiger partial charge in [-0.3, -0.25) is 76.4 Å². The molecular formula is C71H104N16O33. The molecule has 49 heteroatoms. The second-order valence-electron chi connectivity index (χ2n) is 27.8. The van der Waals surface area contributed by atoms with E-state index in [0.29, 0.717) is 5.69 Å². The molecule has 666 valence electrons. The maximum Gasteiger partial charge on any atom is 0.303 e. The molecule has 0 aliphatic carbocycles. The Bertz CT molecular complexity index is 3970. The Kier molecular flexibility index (Phi) is 39.1. The van der Waals surface area contributed by atoms with Crippen molar-refractivity contribution in [2.24, 2.45) is 5.11 Å². The normalized spacial score (nSPS) is 26.4. The van der Waals surface area contributed by atoms with Crippen molar-refractivity contribution in [1.29, 1.82) is 0 Å². The molecule has 3 aromatic rings. The minimum Gasteiger partial charge on any atom is -0.463 e. The molecule has 0 radical (unpaired) electrons. The van der Waals surface area contributed by atoms with Crippen LogP contribution in [0.5, 0.6) is 0 Å². The summed E-state index contributed by atoms with van der Waals surface area (Å²) in [6.07, 6.45) is -15.0. The predicted molar refractivity (Wildman–Crippen MR) is 391 cm³/mol. The van der Waals surface area contributed by atoms with Gasteiger partial charge in [0.1, 0.15) is 97.7 Å². The largest absolute Gasteiger partial charge is 0.463 e. The Morgan fingerprint density at radius 1 is 0.358 bits per heavy atom. The van der Waals surface area contributed by atoms with Crippen LogP contribution in [0.3, 0.4) is 0 Å². The molecule has 0 aromatic carbocycles. The molecule has 3 aromatic heterocycles. The fourth-order valence-corrected chi connectivity index (χ4v) is 13.1. The Balaban J connectivity index is 1.11. The van der Waals surface area contributed by atoms with E-state index in [2.05, 4.69) is 62.2 Å². The highest BCUT2D eigenvalue weighted by molar-refractivity contribution is 5.76. The second-order valence-corrected chi connectivity index (χ2v) is 27.8. The van der Waals surface area contributed by atoms with Crippen LogP contribution in [0.4, 0.5) is 0 Å². The lowest BCUT2D eigenvalue weighted by Gasteiger charge is -2.46. The third kappa shape index (κ3) is 31.8. The van der Waals surface area contributed by atoms with E-state index in [9.17, 15) is 62.3 Å². The number of aromatic nitrogens is 9. The van der Waals surface area contributed by atoms with E-state index >= 15 is 0 Å². The van der Waals surface area contributed by atoms with Crippen molar-refractivity contribution in [3.8, 4) is 0 Å². The van der Waals surface area contributed by atoms with E-state index in [-0.39, 0.29) is 116 Å². The van der Waals surface area contributed by atoms with E-state index in [1.165, 1.54) is 41.7 Å². The summed E-state index contributed by atoms with van der Waals surface area (Å²) in [4.78, 5) is 164. The first-order valence-electron chi connectivity index (χ1n) is 38.2. The highest BCUT2D eigenvalue weighted by atomic mass is 16.7. The van der Waals surface area contributed by atoms with E-state index in [1.54, 1.807) is 18.6 Å². The minimum atomic E-state index is -1.36. The highest BCUT2D eigenvalue weighted by Gasteiger charge is 2.55. The van der Waals surface area contributed by atoms with Crippen LogP contribution >= 0.6 is 0 Å². The van der Waals surface area contributed by atoms with Crippen LogP contribution in [0.25, 0.3) is 10.4 Å². The lowest BCUT2D eigenvalue weighted by Crippen LogP contribution is -2.66. The van der Waals surface area contributed by atoms with Crippen LogP contribution in [-0.2, 0) is 197 Å². The number of nitrogens with zero attached hydrogens (tertiary/aromatic N) is 12. The summed E-state index contributed by atoms with van der Waals surface area (Å²) in [5.74, 6) is -9.06. The standard InChI is InChI=1S/C71H104N16O33/c1-36(88)74-56-64(110-31-51-28-87(84-80-51)21-17-25-105-71-59(77-39(4)91)67(116-48(13)100)63(113-45(10)97)55(120-71)35-108-42(7)94)60(109-30-50-27-86(83-79-50)20-16-24-104-70-58(76-38(3)90)66(115-47(12)99)62(112-44(9)96)54(119-70)34-107-41(6)93)52(117-68(56)102-22-14-18-73-81-72)32-101-29-49-26-85(82-78-49)19-15-23-103-69-57(75-37(2)89)65(114-46(11)98)61(111-43(8)95)53(118-69)33-106-40(5)92/h26-28,52-71H,14-25,29-35H2,1-13H3,(H,74,88)(H,75,89)(H,76,90)(H,77,91)/t52-,53-,54-,55-,56-,57-,58-,59-,60-,61+,62+,63+,64-,65-,66-,67-,68-,69+,70+,71+/m1/s1. The Hall–Kier alpha value is -10.6. The number of aryl methyl sites for hydroxylation is 3. The van der Waals surface area contributed by atoms with Gasteiger partial charge >= 0.3 is 53.7 Å². The quantitative estimate of drug-likeness (QED) is 0.0122. The highest BCUT2D eigenvalue weighted by Crippen LogP contribution is 2.34. The van der Waals surface area contributed by atoms with Gasteiger partial charge in [0.15, 0.2) is 61.8 Å². The summed E-state index contributed by atoms with van der Waals surface area (Å²) in [6.45, 7) is 12.8. The molecule has 0 bridgehead atoms. The molecule has 0 saturated carbocycles. The molecule has 20 atom stereocenters. The molecule has 7 rings (SSSR count). The molecule has 0 spiro atoms. The molecule has 4 fully saturated rings. The first kappa shape index (κ1) is 96.5. The van der Waals surface area contributed by atoms with Gasteiger partial charge in [-0.1, -0.05) is 20.8 Å². The zero-order valence-electron chi connectivity index (χ0n) is 68.6. The summed E-state index contributed by atoms with van der Waals surface area (Å²) >= 11 is 0. The SMILES string of the molecule is CC(=O)N[C@H]1[C@@H](OCCCn2cc(COC[C@H]3O[C@@H](OCCCN=[N+]=[N-])[C@H](NC(C)=O)[C@@H](OCc4cn(CCCO[C@H]5O[C@H](COC(C)=O)[C@H](OC(C)=O)[C@H](OC(C)=O)[C@H]5NC(C)=O)nn4)[C@@H]3OCc3cn(CCCO[C@H]4O[C@H](COC(C)=O)[C@H](OC(C)=O)[C@H](OC(C)=O)[C@H]4NC(C)=O)nn3)nn2)O[C@H](COC(C)=O)[C@H](OC(C)=O)[C@@H]1OC(C)=O. The Labute approximate surface area is 686 Å². The summed E-state index contributed by atoms with van der Waals surface area (Å²) < 4.78 is 123. The van der Waals surface area contributed by atoms with Crippen LogP contribution in [0.1, 0.15) is 133 Å². The molecule has 4 aliphatic rings. The molecule has 49 nitrogen and oxygen atoms in total. The van der Waals surface area contributed by atoms with E-state index in [0.717, 1.165) is 62.3 Å². The van der Waals surface area contributed by atoms with Crippen molar-refractivity contribution >= 4 is 77.4 Å². The average Bonchev–Trinajstić information content (AvgIpc) is 0.985. The van der Waals surface area contributed by atoms with Crippen molar-refractivity contribution in [3.05, 3.63) is 46.1 Å². The Morgan fingerprint density at radius 2 is 0.633 bits per heavy atom. The predicted octanol–water partition coefficient (Wildman–Crippen LogP) is -1.72. The van der Waals surface area contributed by atoms with E-state index in [1.807, 2.05) is 0 Å². The molecule has 4 aliphatic heterocycles. The topological polar surface area (TPSA) is 596 Å². The summed E-state index contributed by atoms with van der Waals surface area (Å²) in [7, 11) is 0. The molecule has 0 unspecified atom stereocenters. The smallest absolute Gasteiger partial charge is 0.303 e. The number of nitrogens with one attached hydrogen (secondary N) is 4. The van der Waals surface area contributed by atoms with Gasteiger partial charge in [-0.2, -0.15) is 0 Å². The van der Waals surface area contributed by atoms with Crippen molar-refractivity contribution in [2.75, 3.05) is 59.4 Å². The average molecular weight is 1710 g/mol. The number of azide groups is 1. The van der Waals surface area contributed by atoms with Gasteiger partial charge in [-0.25, -0.2) is 0 Å². The van der Waals surface area contributed by atoms with Crippen molar-refractivity contribution in [2.45, 2.75) is 278 Å². The summed E-state index contributed by atoms with van der Waals surface area (Å²) in [6, 6.07) is -4.83. The maximum absolute atomic E-state index is 13.3. The van der Waals surface area contributed by atoms with Gasteiger partial charge < -0.3 is 116 Å². The molecule has 4 amide bonds. The Morgan fingerprint density at radius 3 is 0.925 bits per heavy atom. The van der Waals surface area contributed by atoms with Crippen LogP contribution in [0.2, 0.25) is 0 Å². The van der Waals surface area contributed by atoms with E-state index < -0.39 is 220 Å². The van der Waals surface area contributed by atoms with Crippen LogP contribution in [0.15, 0.2) is 23.7 Å². The molecule has 4 N–H and O–H groups in total. The fraction of sp³-hybridized carbons (Fsp3) is 0.732. The fourth-order valence-electron chi connectivity index (χ4n) is 13.1. The number of ether oxygens (including phenoxy) is 20. The van der Waals surface area contributed by atoms with Crippen LogP contribution in [-0.4, -0.2) is 304 Å². The lowest BCUT2D eigenvalue weighted by molar-refractivity contribution is -0.290. The van der Waals surface area contributed by atoms with Crippen molar-refractivity contribution < 1.29 is 157 Å². The number of esters is 9. The van der Waals surface area contributed by atoms with Gasteiger partial charge in [0, 0.05) is 128 Å². The van der Waals surface area contributed by atoms with Gasteiger partial charge in [0.2, 0.25) is 23.6 Å². The van der Waals surface area contributed by atoms with Crippen LogP contribution < -0.4 is 21.3 Å². The summed E-state index contributed by atoms with van der Waals surface area (Å²) in [5, 5.41) is 40.2. The number of hydrogen-bond acceptors (Lipinski definition) is 40. The number of hydrogen-bond donors (Lipinski definition) is 4. The third-order valence-electron chi connectivity index (χ3n) is 17.6. The molecular weight excluding hydrogens is 1600 g/mol. The van der Waals surface area contributed by atoms with E-state index in [4.69, 9.17) is 100 Å². The van der Waals surface area contributed by atoms with Gasteiger partial charge in [0.25, 0.3) is 0 Å². The summed E-state index contributed by atoms with van der Waals surface area (Å²) in [5.41, 5.74) is 9.93. The number of carbonyl (C=O) groups excluding carboxylic acids is 13. The monoisotopic (exact) mass is 1710 g/mol. The number of carbonyl (C=O) groups is 13.